The number of rotatable bonds is 6. The fourth-order valence-electron chi connectivity index (χ4n) is 1.54. The van der Waals surface area contributed by atoms with E-state index in [1.54, 1.807) is 7.11 Å². The summed E-state index contributed by atoms with van der Waals surface area (Å²) in [7, 11) is 1.64. The Morgan fingerprint density at radius 3 is 2.64 bits per heavy atom. The summed E-state index contributed by atoms with van der Waals surface area (Å²) in [5, 5.41) is 0. The summed E-state index contributed by atoms with van der Waals surface area (Å²) in [5.41, 5.74) is 0. The summed E-state index contributed by atoms with van der Waals surface area (Å²) in [5.74, 6) is 1.55. The van der Waals surface area contributed by atoms with Gasteiger partial charge in [0.25, 0.3) is 0 Å². The van der Waals surface area contributed by atoms with Crippen molar-refractivity contribution in [1.29, 1.82) is 0 Å². The maximum Gasteiger partial charge on any atom is 0.226 e. The van der Waals surface area contributed by atoms with Crippen LogP contribution >= 0.6 is 11.6 Å². The number of ether oxygens (including phenoxy) is 1. The van der Waals surface area contributed by atoms with Crippen LogP contribution in [0, 0.1) is 11.8 Å². The van der Waals surface area contributed by atoms with Gasteiger partial charge < -0.3 is 9.64 Å². The molecule has 3 nitrogen and oxygen atoms in total. The second-order valence-corrected chi connectivity index (χ2v) is 4.20. The van der Waals surface area contributed by atoms with Crippen LogP contribution in [0.15, 0.2) is 0 Å². The van der Waals surface area contributed by atoms with E-state index in [4.69, 9.17) is 16.3 Å². The smallest absolute Gasteiger partial charge is 0.226 e. The monoisotopic (exact) mass is 219 g/mol. The SMILES string of the molecule is COCCN(CCCl)C(=O)C1CC1C. The lowest BCUT2D eigenvalue weighted by Gasteiger charge is -2.21. The number of halogens is 1. The van der Waals surface area contributed by atoms with Crippen LogP contribution in [0.1, 0.15) is 13.3 Å². The van der Waals surface area contributed by atoms with E-state index in [1.165, 1.54) is 0 Å². The molecular weight excluding hydrogens is 202 g/mol. The first-order chi connectivity index (χ1) is 6.70. The zero-order valence-corrected chi connectivity index (χ0v) is 9.59. The minimum absolute atomic E-state index is 0.245. The molecule has 0 aromatic heterocycles. The lowest BCUT2D eigenvalue weighted by Crippen LogP contribution is -2.36. The van der Waals surface area contributed by atoms with Gasteiger partial charge in [0.1, 0.15) is 0 Å². The second kappa shape index (κ2) is 5.56. The number of methoxy groups -OCH3 is 1. The Morgan fingerprint density at radius 1 is 1.57 bits per heavy atom. The van der Waals surface area contributed by atoms with Gasteiger partial charge in [-0.05, 0) is 12.3 Å². The van der Waals surface area contributed by atoms with Crippen LogP contribution in [0.25, 0.3) is 0 Å². The van der Waals surface area contributed by atoms with Gasteiger partial charge in [-0.15, -0.1) is 11.6 Å². The highest BCUT2D eigenvalue weighted by atomic mass is 35.5. The predicted molar refractivity (Wildman–Crippen MR) is 56.4 cm³/mol. The highest BCUT2D eigenvalue weighted by molar-refractivity contribution is 6.18. The van der Waals surface area contributed by atoms with Crippen molar-refractivity contribution in [2.45, 2.75) is 13.3 Å². The van der Waals surface area contributed by atoms with Gasteiger partial charge in [0, 0.05) is 32.0 Å². The van der Waals surface area contributed by atoms with E-state index in [1.807, 2.05) is 4.90 Å². The van der Waals surface area contributed by atoms with Gasteiger partial charge in [-0.2, -0.15) is 0 Å². The molecule has 0 N–H and O–H groups in total. The topological polar surface area (TPSA) is 29.5 Å². The van der Waals surface area contributed by atoms with Crippen molar-refractivity contribution in [3.05, 3.63) is 0 Å². The number of alkyl halides is 1. The van der Waals surface area contributed by atoms with E-state index in [2.05, 4.69) is 6.92 Å². The highest BCUT2D eigenvalue weighted by Crippen LogP contribution is 2.39. The molecule has 0 aliphatic heterocycles. The van der Waals surface area contributed by atoms with Crippen LogP contribution in [0.5, 0.6) is 0 Å². The molecule has 82 valence electrons. The van der Waals surface area contributed by atoms with E-state index >= 15 is 0 Å². The maximum absolute atomic E-state index is 11.8. The van der Waals surface area contributed by atoms with Crippen molar-refractivity contribution in [2.75, 3.05) is 32.7 Å². The Balaban J connectivity index is 2.36. The largest absolute Gasteiger partial charge is 0.383 e. The van der Waals surface area contributed by atoms with E-state index in [0.29, 0.717) is 31.5 Å². The summed E-state index contributed by atoms with van der Waals surface area (Å²) in [6.07, 6.45) is 1.03. The number of carbonyl (C=O) groups excluding carboxylic acids is 1. The average molecular weight is 220 g/mol. The van der Waals surface area contributed by atoms with Crippen molar-refractivity contribution in [1.82, 2.24) is 4.90 Å². The molecule has 0 bridgehead atoms. The first-order valence-corrected chi connectivity index (χ1v) is 5.57. The van der Waals surface area contributed by atoms with Crippen LogP contribution in [0.4, 0.5) is 0 Å². The minimum Gasteiger partial charge on any atom is -0.383 e. The third-order valence-electron chi connectivity index (χ3n) is 2.66. The van der Waals surface area contributed by atoms with E-state index in [-0.39, 0.29) is 11.8 Å². The molecule has 0 heterocycles. The summed E-state index contributed by atoms with van der Waals surface area (Å²) in [4.78, 5) is 13.6. The summed E-state index contributed by atoms with van der Waals surface area (Å²) < 4.78 is 4.96. The number of hydrogen-bond acceptors (Lipinski definition) is 2. The van der Waals surface area contributed by atoms with Gasteiger partial charge in [0.05, 0.1) is 6.61 Å². The molecule has 1 aliphatic rings. The summed E-state index contributed by atoms with van der Waals surface area (Å²) in [6, 6.07) is 0. The molecule has 0 spiro atoms. The molecule has 0 aromatic carbocycles. The Kier molecular flexibility index (Phi) is 4.69. The standard InChI is InChI=1S/C10H18ClNO2/c1-8-7-9(8)10(13)12(4-3-11)5-6-14-2/h8-9H,3-7H2,1-2H3. The van der Waals surface area contributed by atoms with E-state index in [0.717, 1.165) is 6.42 Å². The van der Waals surface area contributed by atoms with Crippen LogP contribution in [-0.2, 0) is 9.53 Å². The van der Waals surface area contributed by atoms with Crippen LogP contribution in [0.2, 0.25) is 0 Å². The van der Waals surface area contributed by atoms with Gasteiger partial charge in [-0.25, -0.2) is 0 Å². The highest BCUT2D eigenvalue weighted by Gasteiger charge is 2.41. The van der Waals surface area contributed by atoms with Crippen LogP contribution < -0.4 is 0 Å². The predicted octanol–water partition coefficient (Wildman–Crippen LogP) is 1.36. The van der Waals surface area contributed by atoms with Gasteiger partial charge in [-0.3, -0.25) is 4.79 Å². The van der Waals surface area contributed by atoms with Crippen molar-refractivity contribution in [3.8, 4) is 0 Å². The zero-order valence-electron chi connectivity index (χ0n) is 8.83. The Morgan fingerprint density at radius 2 is 2.21 bits per heavy atom. The van der Waals surface area contributed by atoms with Gasteiger partial charge in [-0.1, -0.05) is 6.92 Å². The molecule has 2 unspecified atom stereocenters. The molecule has 0 saturated heterocycles. The zero-order chi connectivity index (χ0) is 10.6. The summed E-state index contributed by atoms with van der Waals surface area (Å²) in [6.45, 7) is 3.99. The van der Waals surface area contributed by atoms with Crippen LogP contribution in [0.3, 0.4) is 0 Å². The number of carbonyl (C=O) groups is 1. The third-order valence-corrected chi connectivity index (χ3v) is 2.83. The summed E-state index contributed by atoms with van der Waals surface area (Å²) >= 11 is 5.65. The minimum atomic E-state index is 0.245. The number of hydrogen-bond donors (Lipinski definition) is 0. The molecular formula is C10H18ClNO2. The molecule has 1 saturated carbocycles. The van der Waals surface area contributed by atoms with Crippen LogP contribution in [-0.4, -0.2) is 43.5 Å². The molecule has 4 heteroatoms. The lowest BCUT2D eigenvalue weighted by molar-refractivity contribution is -0.133. The Hall–Kier alpha value is -0.280. The first kappa shape index (κ1) is 11.8. The van der Waals surface area contributed by atoms with E-state index < -0.39 is 0 Å². The fourth-order valence-corrected chi connectivity index (χ4v) is 1.74. The van der Waals surface area contributed by atoms with Crippen molar-refractivity contribution in [2.24, 2.45) is 11.8 Å². The number of amides is 1. The van der Waals surface area contributed by atoms with Crippen molar-refractivity contribution in [3.63, 3.8) is 0 Å². The van der Waals surface area contributed by atoms with Crippen molar-refractivity contribution >= 4 is 17.5 Å². The van der Waals surface area contributed by atoms with Crippen molar-refractivity contribution < 1.29 is 9.53 Å². The quantitative estimate of drug-likeness (QED) is 0.632. The van der Waals surface area contributed by atoms with E-state index in [9.17, 15) is 4.79 Å². The molecule has 1 aliphatic carbocycles. The third kappa shape index (κ3) is 3.14. The molecule has 0 radical (unpaired) electrons. The van der Waals surface area contributed by atoms with Gasteiger partial charge in [0.2, 0.25) is 5.91 Å². The fraction of sp³-hybridized carbons (Fsp3) is 0.900. The molecule has 2 atom stereocenters. The van der Waals surface area contributed by atoms with Gasteiger partial charge in [0.15, 0.2) is 0 Å². The first-order valence-electron chi connectivity index (χ1n) is 5.04. The normalized spacial score (nSPS) is 24.8. The number of nitrogens with zero attached hydrogens (tertiary/aromatic N) is 1. The molecule has 14 heavy (non-hydrogen) atoms. The molecule has 1 rings (SSSR count). The Bertz CT molecular complexity index is 199. The molecule has 1 fully saturated rings. The lowest BCUT2D eigenvalue weighted by atomic mass is 10.3. The average Bonchev–Trinajstić information content (AvgIpc) is 2.89. The molecule has 1 amide bonds. The van der Waals surface area contributed by atoms with Gasteiger partial charge >= 0.3 is 0 Å². The molecule has 0 aromatic rings. The Labute approximate surface area is 90.4 Å². The second-order valence-electron chi connectivity index (χ2n) is 3.83. The maximum atomic E-state index is 11.8.